The van der Waals surface area contributed by atoms with E-state index in [-0.39, 0.29) is 5.91 Å². The van der Waals surface area contributed by atoms with E-state index in [4.69, 9.17) is 9.47 Å². The summed E-state index contributed by atoms with van der Waals surface area (Å²) in [6.07, 6.45) is 2.44. The predicted octanol–water partition coefficient (Wildman–Crippen LogP) is 2.30. The molecule has 1 aromatic heterocycles. The highest BCUT2D eigenvalue weighted by atomic mass is 16.5. The van der Waals surface area contributed by atoms with Crippen LogP contribution in [0.4, 0.5) is 0 Å². The molecule has 0 saturated carbocycles. The molecule has 0 saturated heterocycles. The lowest BCUT2D eigenvalue weighted by Gasteiger charge is -2.29. The number of aromatic nitrogens is 1. The van der Waals surface area contributed by atoms with Crippen LogP contribution in [0.25, 0.3) is 0 Å². The molecule has 1 amide bonds. The average molecular weight is 298 g/mol. The molecule has 0 bridgehead atoms. The first-order valence-corrected chi connectivity index (χ1v) is 7.17. The third-order valence-corrected chi connectivity index (χ3v) is 3.89. The third-order valence-electron chi connectivity index (χ3n) is 3.89. The van der Waals surface area contributed by atoms with Crippen molar-refractivity contribution >= 4 is 5.91 Å². The van der Waals surface area contributed by atoms with Crippen molar-refractivity contribution in [2.75, 3.05) is 20.8 Å². The van der Waals surface area contributed by atoms with Crippen LogP contribution in [0.3, 0.4) is 0 Å². The minimum atomic E-state index is -0.0407. The van der Waals surface area contributed by atoms with Gasteiger partial charge in [0.25, 0.3) is 5.91 Å². The summed E-state index contributed by atoms with van der Waals surface area (Å²) in [7, 11) is 3.24. The van der Waals surface area contributed by atoms with Crippen LogP contribution in [0.5, 0.6) is 11.5 Å². The second-order valence-electron chi connectivity index (χ2n) is 5.17. The molecule has 2 heterocycles. The van der Waals surface area contributed by atoms with E-state index in [1.54, 1.807) is 32.5 Å². The van der Waals surface area contributed by atoms with Gasteiger partial charge in [0.15, 0.2) is 11.5 Å². The number of benzene rings is 1. The molecule has 0 fully saturated rings. The van der Waals surface area contributed by atoms with Gasteiger partial charge in [-0.3, -0.25) is 9.78 Å². The van der Waals surface area contributed by atoms with Gasteiger partial charge in [-0.2, -0.15) is 0 Å². The Kier molecular flexibility index (Phi) is 3.96. The first-order valence-electron chi connectivity index (χ1n) is 7.17. The number of amides is 1. The van der Waals surface area contributed by atoms with Gasteiger partial charge in [-0.15, -0.1) is 0 Å². The summed E-state index contributed by atoms with van der Waals surface area (Å²) in [6.45, 7) is 1.24. The van der Waals surface area contributed by atoms with Gasteiger partial charge in [0.1, 0.15) is 5.69 Å². The van der Waals surface area contributed by atoms with Gasteiger partial charge in [-0.25, -0.2) is 0 Å². The van der Waals surface area contributed by atoms with Crippen LogP contribution < -0.4 is 9.47 Å². The van der Waals surface area contributed by atoms with Gasteiger partial charge >= 0.3 is 0 Å². The monoisotopic (exact) mass is 298 g/mol. The Bertz CT molecular complexity index is 686. The van der Waals surface area contributed by atoms with Crippen LogP contribution in [0.1, 0.15) is 21.6 Å². The Morgan fingerprint density at radius 2 is 1.86 bits per heavy atom. The highest BCUT2D eigenvalue weighted by molar-refractivity contribution is 5.92. The number of carbonyl (C=O) groups is 1. The molecule has 1 aliphatic heterocycles. The van der Waals surface area contributed by atoms with E-state index in [2.05, 4.69) is 4.98 Å². The number of nitrogens with zero attached hydrogens (tertiary/aromatic N) is 2. The van der Waals surface area contributed by atoms with Crippen LogP contribution in [-0.4, -0.2) is 36.6 Å². The number of hydrogen-bond acceptors (Lipinski definition) is 4. The Hall–Kier alpha value is -2.56. The number of rotatable bonds is 3. The summed E-state index contributed by atoms with van der Waals surface area (Å²) < 4.78 is 10.7. The predicted molar refractivity (Wildman–Crippen MR) is 82.2 cm³/mol. The van der Waals surface area contributed by atoms with Gasteiger partial charge in [0.05, 0.1) is 14.2 Å². The summed E-state index contributed by atoms with van der Waals surface area (Å²) >= 11 is 0. The molecule has 2 aromatic rings. The largest absolute Gasteiger partial charge is 0.493 e. The van der Waals surface area contributed by atoms with Crippen molar-refractivity contribution in [2.24, 2.45) is 0 Å². The molecular weight excluding hydrogens is 280 g/mol. The molecule has 0 atom stereocenters. The van der Waals surface area contributed by atoms with Crippen molar-refractivity contribution < 1.29 is 14.3 Å². The second kappa shape index (κ2) is 6.05. The third kappa shape index (κ3) is 2.62. The lowest BCUT2D eigenvalue weighted by Crippen LogP contribution is -2.36. The smallest absolute Gasteiger partial charge is 0.272 e. The van der Waals surface area contributed by atoms with Crippen molar-refractivity contribution in [2.45, 2.75) is 13.0 Å². The van der Waals surface area contributed by atoms with Crippen LogP contribution >= 0.6 is 0 Å². The fraction of sp³-hybridized carbons (Fsp3) is 0.294. The SMILES string of the molecule is COc1cc2c(cc1OC)CN(C(=O)c1ccccn1)CC2. The fourth-order valence-electron chi connectivity index (χ4n) is 2.71. The standard InChI is InChI=1S/C17H18N2O3/c1-21-15-9-12-6-8-19(11-13(12)10-16(15)22-2)17(20)14-5-3-4-7-18-14/h3-5,7,9-10H,6,8,11H2,1-2H3. The number of pyridine rings is 1. The minimum absolute atomic E-state index is 0.0407. The van der Waals surface area contributed by atoms with E-state index >= 15 is 0 Å². The van der Waals surface area contributed by atoms with E-state index in [1.807, 2.05) is 23.1 Å². The van der Waals surface area contributed by atoms with Crippen molar-refractivity contribution in [1.29, 1.82) is 0 Å². The number of methoxy groups -OCH3 is 2. The first-order chi connectivity index (χ1) is 10.7. The van der Waals surface area contributed by atoms with Crippen molar-refractivity contribution in [3.63, 3.8) is 0 Å². The highest BCUT2D eigenvalue weighted by Gasteiger charge is 2.24. The van der Waals surface area contributed by atoms with Crippen molar-refractivity contribution in [3.05, 3.63) is 53.3 Å². The van der Waals surface area contributed by atoms with Crippen molar-refractivity contribution in [1.82, 2.24) is 9.88 Å². The molecule has 1 aromatic carbocycles. The average Bonchev–Trinajstić information content (AvgIpc) is 2.60. The molecular formula is C17H18N2O3. The van der Waals surface area contributed by atoms with Crippen LogP contribution in [0, 0.1) is 0 Å². The normalized spacial score (nSPS) is 13.5. The number of carbonyl (C=O) groups excluding carboxylic acids is 1. The van der Waals surface area contributed by atoms with Gasteiger partial charge in [0.2, 0.25) is 0 Å². The fourth-order valence-corrected chi connectivity index (χ4v) is 2.71. The quantitative estimate of drug-likeness (QED) is 0.872. The maximum atomic E-state index is 12.5. The number of fused-ring (bicyclic) bond motifs is 1. The summed E-state index contributed by atoms with van der Waals surface area (Å²) in [5.41, 5.74) is 2.77. The maximum absolute atomic E-state index is 12.5. The first kappa shape index (κ1) is 14.4. The lowest BCUT2D eigenvalue weighted by atomic mass is 9.98. The Balaban J connectivity index is 1.86. The number of hydrogen-bond donors (Lipinski definition) is 0. The molecule has 0 N–H and O–H groups in total. The van der Waals surface area contributed by atoms with Gasteiger partial charge < -0.3 is 14.4 Å². The zero-order chi connectivity index (χ0) is 15.5. The molecule has 5 heteroatoms. The van der Waals surface area contributed by atoms with Gasteiger partial charge in [-0.1, -0.05) is 6.07 Å². The molecule has 1 aliphatic rings. The Morgan fingerprint density at radius 1 is 1.14 bits per heavy atom. The van der Waals surface area contributed by atoms with E-state index < -0.39 is 0 Å². The van der Waals surface area contributed by atoms with E-state index in [9.17, 15) is 4.79 Å². The Labute approximate surface area is 129 Å². The molecule has 22 heavy (non-hydrogen) atoms. The van der Waals surface area contributed by atoms with Gasteiger partial charge in [0, 0.05) is 19.3 Å². The van der Waals surface area contributed by atoms with E-state index in [0.717, 1.165) is 17.7 Å². The minimum Gasteiger partial charge on any atom is -0.493 e. The van der Waals surface area contributed by atoms with Gasteiger partial charge in [-0.05, 0) is 41.8 Å². The van der Waals surface area contributed by atoms with Crippen LogP contribution in [0.15, 0.2) is 36.5 Å². The summed E-state index contributed by atoms with van der Waals surface area (Å²) in [5.74, 6) is 1.38. The maximum Gasteiger partial charge on any atom is 0.272 e. The molecule has 0 unspecified atom stereocenters. The van der Waals surface area contributed by atoms with Crippen LogP contribution in [-0.2, 0) is 13.0 Å². The molecule has 0 radical (unpaired) electrons. The molecule has 5 nitrogen and oxygen atoms in total. The zero-order valence-corrected chi connectivity index (χ0v) is 12.7. The molecule has 3 rings (SSSR count). The highest BCUT2D eigenvalue weighted by Crippen LogP contribution is 2.33. The molecule has 0 spiro atoms. The second-order valence-corrected chi connectivity index (χ2v) is 5.17. The molecule has 114 valence electrons. The topological polar surface area (TPSA) is 51.7 Å². The van der Waals surface area contributed by atoms with E-state index in [1.165, 1.54) is 5.56 Å². The van der Waals surface area contributed by atoms with Crippen molar-refractivity contribution in [3.8, 4) is 11.5 Å². The Morgan fingerprint density at radius 3 is 2.50 bits per heavy atom. The zero-order valence-electron chi connectivity index (χ0n) is 12.7. The van der Waals surface area contributed by atoms with Crippen LogP contribution in [0.2, 0.25) is 0 Å². The molecule has 0 aliphatic carbocycles. The lowest BCUT2D eigenvalue weighted by molar-refractivity contribution is 0.0728. The summed E-state index contributed by atoms with van der Waals surface area (Å²) in [5, 5.41) is 0. The van der Waals surface area contributed by atoms with E-state index in [0.29, 0.717) is 24.5 Å². The summed E-state index contributed by atoms with van der Waals surface area (Å²) in [6, 6.07) is 9.32. The summed E-state index contributed by atoms with van der Waals surface area (Å²) in [4.78, 5) is 18.4. The number of ether oxygens (including phenoxy) is 2.